The molecule has 6 heteroatoms. The maximum Gasteiger partial charge on any atom is 0.179 e. The molecule has 0 spiro atoms. The van der Waals surface area contributed by atoms with Crippen molar-refractivity contribution in [1.82, 2.24) is 4.90 Å². The molecule has 0 aliphatic carbocycles. The first-order valence-corrected chi connectivity index (χ1v) is 10.1. The average Bonchev–Trinajstić information content (AvgIpc) is 2.53. The van der Waals surface area contributed by atoms with Crippen LogP contribution in [0, 0.1) is 0 Å². The van der Waals surface area contributed by atoms with Gasteiger partial charge in [0.1, 0.15) is 0 Å². The summed E-state index contributed by atoms with van der Waals surface area (Å²) in [5.41, 5.74) is 6.44. The van der Waals surface area contributed by atoms with E-state index in [1.54, 1.807) is 18.2 Å². The third kappa shape index (κ3) is 4.71. The van der Waals surface area contributed by atoms with E-state index in [2.05, 4.69) is 11.8 Å². The topological polar surface area (TPSA) is 63.4 Å². The number of thioether (sulfide) groups is 1. The Morgan fingerprint density at radius 2 is 2.24 bits per heavy atom. The minimum Gasteiger partial charge on any atom is -0.326 e. The van der Waals surface area contributed by atoms with Gasteiger partial charge in [-0.05, 0) is 24.1 Å². The molecular formula is C15H24N2O2S2. The Bertz CT molecular complexity index is 561. The zero-order valence-electron chi connectivity index (χ0n) is 12.5. The molecule has 1 saturated heterocycles. The Morgan fingerprint density at radius 1 is 1.43 bits per heavy atom. The van der Waals surface area contributed by atoms with Gasteiger partial charge in [0.25, 0.3) is 0 Å². The molecule has 2 rings (SSSR count). The first kappa shape index (κ1) is 16.8. The molecule has 1 aliphatic heterocycles. The lowest BCUT2D eigenvalue weighted by Crippen LogP contribution is -2.40. The number of hydrogen-bond donors (Lipinski definition) is 1. The highest BCUT2D eigenvalue weighted by Gasteiger charge is 2.21. The third-order valence-electron chi connectivity index (χ3n) is 3.85. The molecule has 118 valence electrons. The van der Waals surface area contributed by atoms with Crippen LogP contribution in [0.3, 0.4) is 0 Å². The van der Waals surface area contributed by atoms with Crippen molar-refractivity contribution in [2.24, 2.45) is 5.73 Å². The van der Waals surface area contributed by atoms with Crippen molar-refractivity contribution in [3.8, 4) is 0 Å². The van der Waals surface area contributed by atoms with E-state index in [1.807, 2.05) is 17.8 Å². The molecule has 1 unspecified atom stereocenters. The van der Waals surface area contributed by atoms with Gasteiger partial charge in [-0.25, -0.2) is 8.42 Å². The highest BCUT2D eigenvalue weighted by molar-refractivity contribution is 8.00. The Balaban J connectivity index is 1.97. The second-order valence-corrected chi connectivity index (χ2v) is 8.89. The Morgan fingerprint density at radius 3 is 2.95 bits per heavy atom. The lowest BCUT2D eigenvalue weighted by Gasteiger charge is -2.31. The van der Waals surface area contributed by atoms with Gasteiger partial charge in [-0.3, -0.25) is 0 Å². The van der Waals surface area contributed by atoms with Crippen LogP contribution < -0.4 is 5.73 Å². The predicted molar refractivity (Wildman–Crippen MR) is 89.4 cm³/mol. The molecular weight excluding hydrogens is 304 g/mol. The molecule has 1 aromatic rings. The summed E-state index contributed by atoms with van der Waals surface area (Å²) < 4.78 is 24.8. The van der Waals surface area contributed by atoms with Crippen molar-refractivity contribution in [3.63, 3.8) is 0 Å². The first-order valence-electron chi connectivity index (χ1n) is 7.41. The lowest BCUT2D eigenvalue weighted by atomic mass is 10.2. The number of nitrogens with zero attached hydrogens (tertiary/aromatic N) is 1. The van der Waals surface area contributed by atoms with Gasteiger partial charge < -0.3 is 10.6 Å². The molecule has 0 saturated carbocycles. The van der Waals surface area contributed by atoms with Crippen LogP contribution in [0.4, 0.5) is 0 Å². The SMILES string of the molecule is CCC1CN(CCS(=O)(=O)c2cccc(CN)c2)CCS1. The van der Waals surface area contributed by atoms with Crippen LogP contribution in [-0.4, -0.2) is 49.7 Å². The highest BCUT2D eigenvalue weighted by Crippen LogP contribution is 2.21. The smallest absolute Gasteiger partial charge is 0.179 e. The normalized spacial score (nSPS) is 20.6. The van der Waals surface area contributed by atoms with Crippen LogP contribution in [0.15, 0.2) is 29.2 Å². The summed E-state index contributed by atoms with van der Waals surface area (Å²) in [7, 11) is -3.22. The van der Waals surface area contributed by atoms with Gasteiger partial charge in [0.2, 0.25) is 0 Å². The lowest BCUT2D eigenvalue weighted by molar-refractivity contribution is 0.297. The van der Waals surface area contributed by atoms with E-state index in [0.29, 0.717) is 23.2 Å². The number of benzene rings is 1. The van der Waals surface area contributed by atoms with Crippen LogP contribution in [-0.2, 0) is 16.4 Å². The Kier molecular flexibility index (Phi) is 6.10. The van der Waals surface area contributed by atoms with Crippen LogP contribution in [0.1, 0.15) is 18.9 Å². The van der Waals surface area contributed by atoms with Gasteiger partial charge in [0.15, 0.2) is 9.84 Å². The van der Waals surface area contributed by atoms with E-state index in [1.165, 1.54) is 0 Å². The minimum atomic E-state index is -3.22. The fourth-order valence-corrected chi connectivity index (χ4v) is 5.06. The molecule has 0 bridgehead atoms. The molecule has 21 heavy (non-hydrogen) atoms. The fourth-order valence-electron chi connectivity index (χ4n) is 2.46. The quantitative estimate of drug-likeness (QED) is 0.862. The van der Waals surface area contributed by atoms with Gasteiger partial charge in [-0.1, -0.05) is 19.1 Å². The van der Waals surface area contributed by atoms with Crippen molar-refractivity contribution in [1.29, 1.82) is 0 Å². The van der Waals surface area contributed by atoms with E-state index < -0.39 is 9.84 Å². The van der Waals surface area contributed by atoms with Gasteiger partial charge in [0.05, 0.1) is 10.6 Å². The molecule has 1 aliphatic rings. The van der Waals surface area contributed by atoms with Gasteiger partial charge in [-0.2, -0.15) is 11.8 Å². The largest absolute Gasteiger partial charge is 0.326 e. The number of nitrogens with two attached hydrogens (primary N) is 1. The summed E-state index contributed by atoms with van der Waals surface area (Å²) in [6.45, 7) is 5.16. The van der Waals surface area contributed by atoms with Crippen LogP contribution in [0.5, 0.6) is 0 Å². The highest BCUT2D eigenvalue weighted by atomic mass is 32.2. The standard InChI is InChI=1S/C15H24N2O2S2/c1-2-14-12-17(6-8-20-14)7-9-21(18,19)15-5-3-4-13(10-15)11-16/h3-5,10,14H,2,6-9,11-12,16H2,1H3. The van der Waals surface area contributed by atoms with Gasteiger partial charge in [-0.15, -0.1) is 0 Å². The molecule has 4 nitrogen and oxygen atoms in total. The van der Waals surface area contributed by atoms with E-state index in [9.17, 15) is 8.42 Å². The molecule has 1 heterocycles. The summed E-state index contributed by atoms with van der Waals surface area (Å²) in [4.78, 5) is 2.67. The third-order valence-corrected chi connectivity index (χ3v) is 6.91. The fraction of sp³-hybridized carbons (Fsp3) is 0.600. The molecule has 2 N–H and O–H groups in total. The molecule has 0 aromatic heterocycles. The molecule has 0 radical (unpaired) electrons. The monoisotopic (exact) mass is 328 g/mol. The summed E-state index contributed by atoms with van der Waals surface area (Å²) in [6.07, 6.45) is 1.15. The number of hydrogen-bond acceptors (Lipinski definition) is 5. The van der Waals surface area contributed by atoms with Crippen molar-refractivity contribution in [3.05, 3.63) is 29.8 Å². The van der Waals surface area contributed by atoms with Crippen molar-refractivity contribution in [2.45, 2.75) is 30.0 Å². The summed E-state index contributed by atoms with van der Waals surface area (Å²) in [5, 5.41) is 0.641. The Labute approximate surface area is 132 Å². The second-order valence-electron chi connectivity index (χ2n) is 5.37. The van der Waals surface area contributed by atoms with Crippen molar-refractivity contribution in [2.75, 3.05) is 31.1 Å². The van der Waals surface area contributed by atoms with Gasteiger partial charge in [0, 0.05) is 37.2 Å². The first-order chi connectivity index (χ1) is 10.0. The minimum absolute atomic E-state index is 0.183. The van der Waals surface area contributed by atoms with E-state index in [-0.39, 0.29) is 5.75 Å². The second kappa shape index (κ2) is 7.63. The molecule has 1 aromatic carbocycles. The molecule has 1 atom stereocenters. The van der Waals surface area contributed by atoms with E-state index >= 15 is 0 Å². The number of rotatable bonds is 6. The summed E-state index contributed by atoms with van der Waals surface area (Å²) in [6, 6.07) is 6.97. The predicted octanol–water partition coefficient (Wildman–Crippen LogP) is 1.75. The summed E-state index contributed by atoms with van der Waals surface area (Å²) >= 11 is 2.00. The molecule has 0 amide bonds. The maximum atomic E-state index is 12.4. The Hall–Kier alpha value is -0.560. The van der Waals surface area contributed by atoms with Crippen molar-refractivity contribution >= 4 is 21.6 Å². The van der Waals surface area contributed by atoms with Crippen LogP contribution >= 0.6 is 11.8 Å². The zero-order valence-corrected chi connectivity index (χ0v) is 14.1. The number of sulfone groups is 1. The van der Waals surface area contributed by atoms with Crippen LogP contribution in [0.25, 0.3) is 0 Å². The van der Waals surface area contributed by atoms with Crippen molar-refractivity contribution < 1.29 is 8.42 Å². The van der Waals surface area contributed by atoms with E-state index in [4.69, 9.17) is 5.73 Å². The van der Waals surface area contributed by atoms with Gasteiger partial charge >= 0.3 is 0 Å². The molecule has 1 fully saturated rings. The summed E-state index contributed by atoms with van der Waals surface area (Å²) in [5.74, 6) is 1.28. The zero-order chi connectivity index (χ0) is 15.3. The average molecular weight is 329 g/mol. The maximum absolute atomic E-state index is 12.4. The van der Waals surface area contributed by atoms with E-state index in [0.717, 1.165) is 30.8 Å². The van der Waals surface area contributed by atoms with Crippen LogP contribution in [0.2, 0.25) is 0 Å².